The van der Waals surface area contributed by atoms with Crippen molar-refractivity contribution in [1.29, 1.82) is 0 Å². The maximum atomic E-state index is 12.5. The van der Waals surface area contributed by atoms with Crippen LogP contribution in [-0.4, -0.2) is 28.1 Å². The number of hydrogen-bond donors (Lipinski definition) is 2. The fraction of sp³-hybridized carbons (Fsp3) is 0.148. The van der Waals surface area contributed by atoms with E-state index in [1.165, 1.54) is 0 Å². The lowest BCUT2D eigenvalue weighted by Gasteiger charge is -2.10. The van der Waals surface area contributed by atoms with Crippen LogP contribution in [0.3, 0.4) is 0 Å². The number of nitrogens with zero attached hydrogens (tertiary/aromatic N) is 1. The number of thiazole rings is 1. The van der Waals surface area contributed by atoms with Crippen molar-refractivity contribution in [2.24, 2.45) is 0 Å². The summed E-state index contributed by atoms with van der Waals surface area (Å²) >= 11 is 1.56. The topological polar surface area (TPSA) is 88.5 Å². The molecule has 7 heteroatoms. The second-order valence-electron chi connectivity index (χ2n) is 8.03. The van der Waals surface area contributed by atoms with Gasteiger partial charge in [0, 0.05) is 28.6 Å². The van der Waals surface area contributed by atoms with Crippen LogP contribution in [-0.2, 0) is 6.42 Å². The molecule has 0 saturated heterocycles. The monoisotopic (exact) mass is 472 g/mol. The number of anilines is 1. The first-order chi connectivity index (χ1) is 16.4. The number of benzene rings is 3. The number of carboxylic acid groups (broad SMARTS) is 1. The minimum Gasteiger partial charge on any atom is -0.491 e. The first kappa shape index (κ1) is 23.2. The molecule has 0 spiro atoms. The van der Waals surface area contributed by atoms with Gasteiger partial charge in [-0.05, 0) is 67.9 Å². The van der Waals surface area contributed by atoms with E-state index in [1.807, 2.05) is 55.6 Å². The minimum absolute atomic E-state index is 0.0809. The summed E-state index contributed by atoms with van der Waals surface area (Å²) in [6, 6.07) is 21.5. The molecule has 0 aliphatic rings. The van der Waals surface area contributed by atoms with E-state index < -0.39 is 5.97 Å². The molecule has 172 valence electrons. The summed E-state index contributed by atoms with van der Waals surface area (Å²) in [4.78, 5) is 28.2. The maximum Gasteiger partial charge on any atom is 0.335 e. The van der Waals surface area contributed by atoms with Gasteiger partial charge in [-0.2, -0.15) is 0 Å². The van der Waals surface area contributed by atoms with Gasteiger partial charge in [-0.25, -0.2) is 9.78 Å². The number of rotatable bonds is 8. The maximum absolute atomic E-state index is 12.5. The van der Waals surface area contributed by atoms with E-state index in [4.69, 9.17) is 14.8 Å². The molecular formula is C27H24N2O4S. The fourth-order valence-corrected chi connectivity index (χ4v) is 4.19. The summed E-state index contributed by atoms with van der Waals surface area (Å²) in [7, 11) is 0. The standard InChI is InChI=1S/C27H24N2O4S/c1-17(2)33-23-13-9-20(10-14-23)26(30)28-22-11-7-19(8-12-22)24-16-34-25(29-24)15-18-3-5-21(6-4-18)27(31)32/h3-14,16-17H,15H2,1-2H3,(H,28,30)(H,31,32). The SMILES string of the molecule is CC(C)Oc1ccc(C(=O)Nc2ccc(-c3csc(Cc4ccc(C(=O)O)cc4)n3)cc2)cc1. The second-order valence-corrected chi connectivity index (χ2v) is 8.97. The number of amides is 1. The lowest BCUT2D eigenvalue weighted by molar-refractivity contribution is 0.0696. The molecule has 0 radical (unpaired) electrons. The molecule has 0 aliphatic carbocycles. The zero-order chi connectivity index (χ0) is 24.1. The Hall–Kier alpha value is -3.97. The quantitative estimate of drug-likeness (QED) is 0.322. The molecule has 0 saturated carbocycles. The van der Waals surface area contributed by atoms with Gasteiger partial charge in [0.15, 0.2) is 0 Å². The molecule has 2 N–H and O–H groups in total. The van der Waals surface area contributed by atoms with Crippen LogP contribution in [0.25, 0.3) is 11.3 Å². The lowest BCUT2D eigenvalue weighted by Crippen LogP contribution is -2.12. The third-order valence-corrected chi connectivity index (χ3v) is 5.88. The van der Waals surface area contributed by atoms with Crippen molar-refractivity contribution in [3.8, 4) is 17.0 Å². The van der Waals surface area contributed by atoms with Crippen molar-refractivity contribution in [3.63, 3.8) is 0 Å². The summed E-state index contributed by atoms with van der Waals surface area (Å²) in [6.45, 7) is 3.91. The molecule has 4 aromatic rings. The first-order valence-corrected chi connectivity index (χ1v) is 11.7. The normalized spacial score (nSPS) is 10.8. The predicted octanol–water partition coefficient (Wildman–Crippen LogP) is 6.14. The van der Waals surface area contributed by atoms with Gasteiger partial charge in [0.1, 0.15) is 5.75 Å². The summed E-state index contributed by atoms with van der Waals surface area (Å²) in [5, 5.41) is 14.9. The molecule has 3 aromatic carbocycles. The van der Waals surface area contributed by atoms with Crippen molar-refractivity contribution >= 4 is 28.9 Å². The van der Waals surface area contributed by atoms with Crippen LogP contribution in [0.5, 0.6) is 5.75 Å². The number of ether oxygens (including phenoxy) is 1. The Morgan fingerprint density at radius 3 is 2.21 bits per heavy atom. The molecule has 0 bridgehead atoms. The molecule has 6 nitrogen and oxygen atoms in total. The van der Waals surface area contributed by atoms with Crippen LogP contribution in [0.4, 0.5) is 5.69 Å². The number of hydrogen-bond acceptors (Lipinski definition) is 5. The number of aromatic carboxylic acids is 1. The molecule has 0 fully saturated rings. The Bertz CT molecular complexity index is 1280. The molecule has 0 atom stereocenters. The van der Waals surface area contributed by atoms with Gasteiger partial charge in [0.05, 0.1) is 22.4 Å². The van der Waals surface area contributed by atoms with Crippen LogP contribution in [0.15, 0.2) is 78.2 Å². The average molecular weight is 473 g/mol. The highest BCUT2D eigenvalue weighted by Gasteiger charge is 2.10. The van der Waals surface area contributed by atoms with Crippen molar-refractivity contribution in [2.75, 3.05) is 5.32 Å². The molecule has 4 rings (SSSR count). The molecule has 34 heavy (non-hydrogen) atoms. The molecular weight excluding hydrogens is 448 g/mol. The number of carbonyl (C=O) groups is 2. The van der Waals surface area contributed by atoms with Crippen LogP contribution >= 0.6 is 11.3 Å². The van der Waals surface area contributed by atoms with Crippen molar-refractivity contribution in [1.82, 2.24) is 4.98 Å². The zero-order valence-corrected chi connectivity index (χ0v) is 19.6. The summed E-state index contributed by atoms with van der Waals surface area (Å²) in [5.41, 5.74) is 4.35. The molecule has 0 aliphatic heterocycles. The van der Waals surface area contributed by atoms with Gasteiger partial charge in [-0.15, -0.1) is 11.3 Å². The number of carbonyl (C=O) groups excluding carboxylic acids is 1. The number of aromatic nitrogens is 1. The van der Waals surface area contributed by atoms with E-state index in [0.717, 1.165) is 27.6 Å². The molecule has 0 unspecified atom stereocenters. The Morgan fingerprint density at radius 2 is 1.59 bits per heavy atom. The van der Waals surface area contributed by atoms with Crippen molar-refractivity contribution < 1.29 is 19.4 Å². The van der Waals surface area contributed by atoms with Crippen LogP contribution in [0.1, 0.15) is 45.1 Å². The summed E-state index contributed by atoms with van der Waals surface area (Å²) in [6.07, 6.45) is 0.719. The van der Waals surface area contributed by atoms with Gasteiger partial charge in [-0.3, -0.25) is 4.79 Å². The highest BCUT2D eigenvalue weighted by atomic mass is 32.1. The van der Waals surface area contributed by atoms with E-state index in [1.54, 1.807) is 47.7 Å². The Kier molecular flexibility index (Phi) is 7.04. The van der Waals surface area contributed by atoms with E-state index in [9.17, 15) is 9.59 Å². The third-order valence-electron chi connectivity index (χ3n) is 5.03. The summed E-state index contributed by atoms with van der Waals surface area (Å²) in [5.74, 6) is -0.388. The van der Waals surface area contributed by atoms with E-state index in [0.29, 0.717) is 17.7 Å². The third kappa shape index (κ3) is 5.88. The van der Waals surface area contributed by atoms with Crippen molar-refractivity contribution in [3.05, 3.63) is 99.9 Å². The van der Waals surface area contributed by atoms with Crippen LogP contribution < -0.4 is 10.1 Å². The van der Waals surface area contributed by atoms with Gasteiger partial charge in [0.2, 0.25) is 0 Å². The van der Waals surface area contributed by atoms with Crippen molar-refractivity contribution in [2.45, 2.75) is 26.4 Å². The second kappa shape index (κ2) is 10.3. The van der Waals surface area contributed by atoms with E-state index in [2.05, 4.69) is 5.32 Å². The van der Waals surface area contributed by atoms with Gasteiger partial charge in [-0.1, -0.05) is 24.3 Å². The largest absolute Gasteiger partial charge is 0.491 e. The fourth-order valence-electron chi connectivity index (χ4n) is 3.35. The van der Waals surface area contributed by atoms with Gasteiger partial charge < -0.3 is 15.2 Å². The highest BCUT2D eigenvalue weighted by Crippen LogP contribution is 2.25. The van der Waals surface area contributed by atoms with E-state index >= 15 is 0 Å². The van der Waals surface area contributed by atoms with Crippen LogP contribution in [0.2, 0.25) is 0 Å². The minimum atomic E-state index is -0.933. The summed E-state index contributed by atoms with van der Waals surface area (Å²) < 4.78 is 5.61. The van der Waals surface area contributed by atoms with Gasteiger partial charge >= 0.3 is 5.97 Å². The number of nitrogens with one attached hydrogen (secondary N) is 1. The zero-order valence-electron chi connectivity index (χ0n) is 18.8. The van der Waals surface area contributed by atoms with E-state index in [-0.39, 0.29) is 17.6 Å². The van der Waals surface area contributed by atoms with Gasteiger partial charge in [0.25, 0.3) is 5.91 Å². The Morgan fingerprint density at radius 1 is 0.941 bits per heavy atom. The molecule has 1 heterocycles. The number of carboxylic acids is 1. The average Bonchev–Trinajstić information content (AvgIpc) is 3.28. The molecule has 1 aromatic heterocycles. The lowest BCUT2D eigenvalue weighted by atomic mass is 10.1. The smallest absolute Gasteiger partial charge is 0.335 e. The molecule has 1 amide bonds. The Labute approximate surface area is 201 Å². The highest BCUT2D eigenvalue weighted by molar-refractivity contribution is 7.10. The van der Waals surface area contributed by atoms with Crippen LogP contribution in [0, 0.1) is 0 Å². The predicted molar refractivity (Wildman–Crippen MR) is 134 cm³/mol. The Balaban J connectivity index is 1.37. The first-order valence-electron chi connectivity index (χ1n) is 10.8.